The summed E-state index contributed by atoms with van der Waals surface area (Å²) < 4.78 is 13.9. The molecule has 2 N–H and O–H groups in total. The number of hydrogen-bond acceptors (Lipinski definition) is 4. The van der Waals surface area contributed by atoms with Crippen molar-refractivity contribution in [3.8, 4) is 11.4 Å². The van der Waals surface area contributed by atoms with Crippen LogP contribution in [0.3, 0.4) is 0 Å². The lowest BCUT2D eigenvalue weighted by Crippen LogP contribution is -2.60. The van der Waals surface area contributed by atoms with Gasteiger partial charge in [0.1, 0.15) is 5.82 Å². The molecular weight excluding hydrogens is 375 g/mol. The van der Waals surface area contributed by atoms with Crippen LogP contribution >= 0.6 is 11.8 Å². The number of nitrogens with zero attached hydrogens (tertiary/aromatic N) is 2. The van der Waals surface area contributed by atoms with E-state index in [0.717, 1.165) is 37.0 Å². The molecule has 4 aliphatic carbocycles. The van der Waals surface area contributed by atoms with E-state index in [1.165, 1.54) is 37.1 Å². The number of rotatable bonds is 5. The predicted octanol–water partition coefficient (Wildman–Crippen LogP) is 4.18. The number of H-pyrrole nitrogens is 1. The first kappa shape index (κ1) is 18.2. The van der Waals surface area contributed by atoms with Gasteiger partial charge in [-0.2, -0.15) is 0 Å². The Morgan fingerprint density at radius 2 is 1.86 bits per heavy atom. The van der Waals surface area contributed by atoms with E-state index < -0.39 is 0 Å². The summed E-state index contributed by atoms with van der Waals surface area (Å²) in [5.74, 6) is 2.49. The molecule has 4 aliphatic rings. The van der Waals surface area contributed by atoms with Gasteiger partial charge in [0.25, 0.3) is 0 Å². The van der Waals surface area contributed by atoms with Gasteiger partial charge in [-0.05, 0) is 75.3 Å². The van der Waals surface area contributed by atoms with Crippen LogP contribution in [0.15, 0.2) is 29.4 Å². The van der Waals surface area contributed by atoms with Crippen LogP contribution in [0.4, 0.5) is 4.39 Å². The van der Waals surface area contributed by atoms with Crippen LogP contribution in [0, 0.1) is 23.6 Å². The molecule has 4 bridgehead atoms. The standard InChI is InChI=1S/C21H25FN4OS/c1-12(28-20-23-18(25-26-20)16-4-2-3-5-17(16)22)19(27)24-21-9-13-6-14(10-21)8-15(7-13)11-21/h2-5,12-15H,6-11H2,1H3,(H,24,27)(H,23,25,26). The molecule has 4 saturated carbocycles. The van der Waals surface area contributed by atoms with Crippen molar-refractivity contribution in [2.45, 2.75) is 61.4 Å². The fourth-order valence-electron chi connectivity index (χ4n) is 5.91. The van der Waals surface area contributed by atoms with Crippen molar-refractivity contribution in [2.75, 3.05) is 0 Å². The van der Waals surface area contributed by atoms with Crippen molar-refractivity contribution in [3.05, 3.63) is 30.1 Å². The highest BCUT2D eigenvalue weighted by Gasteiger charge is 2.51. The number of benzene rings is 1. The SMILES string of the molecule is CC(Sc1n[nH]c(-c2ccccc2F)n1)C(=O)NC12CC3CC(CC(C3)C1)C2. The number of halogens is 1. The summed E-state index contributed by atoms with van der Waals surface area (Å²) in [7, 11) is 0. The molecule has 0 aliphatic heterocycles. The van der Waals surface area contributed by atoms with E-state index in [0.29, 0.717) is 16.5 Å². The first-order chi connectivity index (χ1) is 13.5. The molecule has 2 aromatic rings. The minimum Gasteiger partial charge on any atom is -0.350 e. The molecule has 1 aromatic heterocycles. The third-order valence-corrected chi connectivity index (χ3v) is 7.63. The Morgan fingerprint density at radius 3 is 2.50 bits per heavy atom. The average Bonchev–Trinajstić information content (AvgIpc) is 3.08. The van der Waals surface area contributed by atoms with Gasteiger partial charge in [-0.3, -0.25) is 9.89 Å². The highest BCUT2D eigenvalue weighted by molar-refractivity contribution is 8.00. The normalized spacial score (nSPS) is 31.7. The van der Waals surface area contributed by atoms with E-state index in [9.17, 15) is 9.18 Å². The lowest BCUT2D eigenvalue weighted by Gasteiger charge is -2.57. The molecule has 5 nitrogen and oxygen atoms in total. The molecule has 1 aromatic carbocycles. The van der Waals surface area contributed by atoms with Gasteiger partial charge in [0.2, 0.25) is 11.1 Å². The van der Waals surface area contributed by atoms with Gasteiger partial charge < -0.3 is 5.32 Å². The molecule has 1 heterocycles. The summed E-state index contributed by atoms with van der Waals surface area (Å²) in [4.78, 5) is 17.3. The largest absolute Gasteiger partial charge is 0.350 e. The minimum absolute atomic E-state index is 0.0119. The smallest absolute Gasteiger partial charge is 0.233 e. The van der Waals surface area contributed by atoms with E-state index in [-0.39, 0.29) is 22.5 Å². The number of thioether (sulfide) groups is 1. The number of amides is 1. The number of nitrogens with one attached hydrogen (secondary N) is 2. The van der Waals surface area contributed by atoms with Gasteiger partial charge in [0.05, 0.1) is 10.8 Å². The highest BCUT2D eigenvalue weighted by atomic mass is 32.2. The molecule has 1 unspecified atom stereocenters. The zero-order valence-electron chi connectivity index (χ0n) is 16.0. The quantitative estimate of drug-likeness (QED) is 0.739. The molecule has 0 saturated heterocycles. The fraction of sp³-hybridized carbons (Fsp3) is 0.571. The molecule has 7 heteroatoms. The first-order valence-corrected chi connectivity index (χ1v) is 11.0. The van der Waals surface area contributed by atoms with E-state index in [2.05, 4.69) is 20.5 Å². The minimum atomic E-state index is -0.345. The summed E-state index contributed by atoms with van der Waals surface area (Å²) in [6, 6.07) is 6.46. The summed E-state index contributed by atoms with van der Waals surface area (Å²) in [6.45, 7) is 1.89. The second-order valence-corrected chi connectivity index (χ2v) is 10.2. The van der Waals surface area contributed by atoms with Gasteiger partial charge >= 0.3 is 0 Å². The van der Waals surface area contributed by atoms with Gasteiger partial charge in [-0.25, -0.2) is 9.37 Å². The van der Waals surface area contributed by atoms with Gasteiger partial charge in [-0.1, -0.05) is 23.9 Å². The fourth-order valence-corrected chi connectivity index (χ4v) is 6.64. The van der Waals surface area contributed by atoms with Crippen molar-refractivity contribution >= 4 is 17.7 Å². The summed E-state index contributed by atoms with van der Waals surface area (Å²) in [5, 5.41) is 10.5. The van der Waals surface area contributed by atoms with E-state index in [4.69, 9.17) is 0 Å². The monoisotopic (exact) mass is 400 g/mol. The maximum absolute atomic E-state index is 13.9. The van der Waals surface area contributed by atoms with Crippen LogP contribution in [0.25, 0.3) is 11.4 Å². The molecular formula is C21H25FN4OS. The lowest BCUT2D eigenvalue weighted by atomic mass is 9.53. The molecule has 28 heavy (non-hydrogen) atoms. The Morgan fingerprint density at radius 1 is 1.21 bits per heavy atom. The Labute approximate surface area is 168 Å². The van der Waals surface area contributed by atoms with Crippen molar-refractivity contribution in [2.24, 2.45) is 17.8 Å². The maximum Gasteiger partial charge on any atom is 0.233 e. The molecule has 4 fully saturated rings. The molecule has 0 radical (unpaired) electrons. The zero-order valence-corrected chi connectivity index (χ0v) is 16.8. The van der Waals surface area contributed by atoms with Crippen LogP contribution in [0.5, 0.6) is 0 Å². The van der Waals surface area contributed by atoms with Crippen LogP contribution in [0.2, 0.25) is 0 Å². The Balaban J connectivity index is 1.24. The van der Waals surface area contributed by atoms with Crippen LogP contribution < -0.4 is 5.32 Å². The Kier molecular flexibility index (Phi) is 4.45. The van der Waals surface area contributed by atoms with Crippen LogP contribution in [0.1, 0.15) is 45.4 Å². The van der Waals surface area contributed by atoms with E-state index in [1.807, 2.05) is 6.92 Å². The number of carbonyl (C=O) groups is 1. The topological polar surface area (TPSA) is 70.7 Å². The third kappa shape index (κ3) is 3.34. The van der Waals surface area contributed by atoms with Gasteiger partial charge in [0, 0.05) is 5.54 Å². The van der Waals surface area contributed by atoms with E-state index >= 15 is 0 Å². The van der Waals surface area contributed by atoms with Crippen molar-refractivity contribution in [3.63, 3.8) is 0 Å². The predicted molar refractivity (Wildman–Crippen MR) is 106 cm³/mol. The van der Waals surface area contributed by atoms with Crippen molar-refractivity contribution in [1.82, 2.24) is 20.5 Å². The molecule has 6 rings (SSSR count). The number of aromatic amines is 1. The molecule has 0 spiro atoms. The zero-order chi connectivity index (χ0) is 19.3. The summed E-state index contributed by atoms with van der Waals surface area (Å²) >= 11 is 1.31. The Hall–Kier alpha value is -1.89. The lowest BCUT2D eigenvalue weighted by molar-refractivity contribution is -0.126. The molecule has 1 amide bonds. The van der Waals surface area contributed by atoms with Crippen LogP contribution in [-0.4, -0.2) is 31.9 Å². The number of hydrogen-bond donors (Lipinski definition) is 2. The summed E-state index contributed by atoms with van der Waals surface area (Å²) in [5.41, 5.74) is 0.394. The maximum atomic E-state index is 13.9. The number of aromatic nitrogens is 3. The second kappa shape index (κ2) is 6.87. The summed E-state index contributed by atoms with van der Waals surface area (Å²) in [6.07, 6.45) is 7.49. The average molecular weight is 401 g/mol. The van der Waals surface area contributed by atoms with Crippen LogP contribution in [-0.2, 0) is 4.79 Å². The third-order valence-electron chi connectivity index (χ3n) is 6.67. The molecule has 1 atom stereocenters. The Bertz CT molecular complexity index is 863. The number of carbonyl (C=O) groups excluding carboxylic acids is 1. The first-order valence-electron chi connectivity index (χ1n) is 10.2. The van der Waals surface area contributed by atoms with Crippen molar-refractivity contribution < 1.29 is 9.18 Å². The van der Waals surface area contributed by atoms with Gasteiger partial charge in [0.15, 0.2) is 5.82 Å². The molecule has 148 valence electrons. The van der Waals surface area contributed by atoms with Gasteiger partial charge in [-0.15, -0.1) is 5.10 Å². The van der Waals surface area contributed by atoms with E-state index in [1.54, 1.807) is 18.2 Å². The van der Waals surface area contributed by atoms with Crippen molar-refractivity contribution in [1.29, 1.82) is 0 Å². The highest BCUT2D eigenvalue weighted by Crippen LogP contribution is 2.55. The second-order valence-electron chi connectivity index (χ2n) is 8.89.